The lowest BCUT2D eigenvalue weighted by molar-refractivity contribution is -0.130. The molecule has 0 aromatic carbocycles. The number of nitrogens with two attached hydrogens (primary N) is 1. The predicted molar refractivity (Wildman–Crippen MR) is 65.8 cm³/mol. The van der Waals surface area contributed by atoms with Crippen molar-refractivity contribution in [1.29, 1.82) is 0 Å². The summed E-state index contributed by atoms with van der Waals surface area (Å²) in [6.45, 7) is 1.96. The number of ether oxygens (including phenoxy) is 1. The normalized spacial score (nSPS) is 12.0. The molecule has 0 bridgehead atoms. The number of aromatic nitrogens is 1. The molecule has 0 fully saturated rings. The van der Waals surface area contributed by atoms with Crippen molar-refractivity contribution in [3.05, 3.63) is 24.0 Å². The van der Waals surface area contributed by atoms with Gasteiger partial charge >= 0.3 is 0 Å². The van der Waals surface area contributed by atoms with Crippen molar-refractivity contribution in [3.8, 4) is 5.75 Å². The molecule has 0 spiro atoms. The second kappa shape index (κ2) is 6.20. The van der Waals surface area contributed by atoms with Gasteiger partial charge in [-0.25, -0.2) is 0 Å². The highest BCUT2D eigenvalue weighted by Gasteiger charge is 2.05. The average molecular weight is 237 g/mol. The quantitative estimate of drug-likeness (QED) is 0.806. The Kier molecular flexibility index (Phi) is 4.90. The molecule has 2 N–H and O–H groups in total. The van der Waals surface area contributed by atoms with E-state index >= 15 is 0 Å². The van der Waals surface area contributed by atoms with E-state index in [-0.39, 0.29) is 18.6 Å². The van der Waals surface area contributed by atoms with Crippen LogP contribution in [0.4, 0.5) is 0 Å². The maximum atomic E-state index is 11.3. The lowest BCUT2D eigenvalue weighted by Crippen LogP contribution is -2.27. The smallest absolute Gasteiger partial charge is 0.259 e. The zero-order chi connectivity index (χ0) is 12.8. The van der Waals surface area contributed by atoms with E-state index in [9.17, 15) is 4.79 Å². The summed E-state index contributed by atoms with van der Waals surface area (Å²) < 4.78 is 5.30. The Morgan fingerprint density at radius 1 is 1.53 bits per heavy atom. The molecule has 0 aliphatic heterocycles. The van der Waals surface area contributed by atoms with Crippen molar-refractivity contribution in [3.63, 3.8) is 0 Å². The summed E-state index contributed by atoms with van der Waals surface area (Å²) in [4.78, 5) is 17.0. The first-order valence-corrected chi connectivity index (χ1v) is 5.52. The lowest BCUT2D eigenvalue weighted by Gasteiger charge is -2.11. The molecule has 0 radical (unpaired) electrons. The molecule has 1 atom stereocenters. The van der Waals surface area contributed by atoms with Crippen LogP contribution in [0.1, 0.15) is 12.6 Å². The van der Waals surface area contributed by atoms with E-state index in [1.807, 2.05) is 13.0 Å². The van der Waals surface area contributed by atoms with Crippen molar-refractivity contribution < 1.29 is 9.53 Å². The summed E-state index contributed by atoms with van der Waals surface area (Å²) in [6.07, 6.45) is 2.34. The van der Waals surface area contributed by atoms with Crippen molar-refractivity contribution in [2.45, 2.75) is 19.4 Å². The van der Waals surface area contributed by atoms with Crippen LogP contribution in [0.5, 0.6) is 5.75 Å². The molecule has 1 amide bonds. The van der Waals surface area contributed by atoms with E-state index in [1.165, 1.54) is 4.90 Å². The van der Waals surface area contributed by atoms with Gasteiger partial charge in [-0.2, -0.15) is 0 Å². The fraction of sp³-hybridized carbons (Fsp3) is 0.500. The van der Waals surface area contributed by atoms with E-state index in [4.69, 9.17) is 10.5 Å². The first-order valence-electron chi connectivity index (χ1n) is 5.52. The topological polar surface area (TPSA) is 68.5 Å². The molecule has 0 aliphatic rings. The number of likely N-dealkylation sites (N-methyl/N-ethyl adjacent to an activating group) is 1. The minimum atomic E-state index is -0.0790. The highest BCUT2D eigenvalue weighted by atomic mass is 16.5. The molecule has 1 aromatic rings. The van der Waals surface area contributed by atoms with Crippen molar-refractivity contribution in [1.82, 2.24) is 9.88 Å². The van der Waals surface area contributed by atoms with Crippen LogP contribution in [0.3, 0.4) is 0 Å². The van der Waals surface area contributed by atoms with Gasteiger partial charge in [0.2, 0.25) is 0 Å². The number of amides is 1. The summed E-state index contributed by atoms with van der Waals surface area (Å²) in [6, 6.07) is 3.75. The number of carbonyl (C=O) groups is 1. The molecule has 1 heterocycles. The summed E-state index contributed by atoms with van der Waals surface area (Å²) in [5, 5.41) is 0. The molecular formula is C12H19N3O2. The lowest BCUT2D eigenvalue weighted by atomic mass is 10.2. The Morgan fingerprint density at radius 2 is 2.24 bits per heavy atom. The van der Waals surface area contributed by atoms with Crippen LogP contribution in [0.25, 0.3) is 0 Å². The van der Waals surface area contributed by atoms with Gasteiger partial charge in [-0.05, 0) is 19.1 Å². The maximum absolute atomic E-state index is 11.3. The average Bonchev–Trinajstić information content (AvgIpc) is 2.26. The van der Waals surface area contributed by atoms with Crippen molar-refractivity contribution in [2.75, 3.05) is 20.7 Å². The third-order valence-corrected chi connectivity index (χ3v) is 2.19. The van der Waals surface area contributed by atoms with Gasteiger partial charge in [-0.1, -0.05) is 0 Å². The largest absolute Gasteiger partial charge is 0.482 e. The highest BCUT2D eigenvalue weighted by Crippen LogP contribution is 2.10. The Bertz CT molecular complexity index is 361. The number of hydrogen-bond donors (Lipinski definition) is 1. The molecule has 1 aromatic heterocycles. The predicted octanol–water partition coefficient (Wildman–Crippen LogP) is 0.438. The fourth-order valence-electron chi connectivity index (χ4n) is 1.22. The van der Waals surface area contributed by atoms with Crippen LogP contribution in [0.2, 0.25) is 0 Å². The van der Waals surface area contributed by atoms with Gasteiger partial charge in [0.25, 0.3) is 5.91 Å². The Morgan fingerprint density at radius 3 is 2.71 bits per heavy atom. The second-order valence-electron chi connectivity index (χ2n) is 4.24. The number of pyridine rings is 1. The third kappa shape index (κ3) is 4.82. The second-order valence-corrected chi connectivity index (χ2v) is 4.24. The van der Waals surface area contributed by atoms with Gasteiger partial charge in [0.05, 0.1) is 6.20 Å². The van der Waals surface area contributed by atoms with E-state index < -0.39 is 0 Å². The van der Waals surface area contributed by atoms with Gasteiger partial charge in [0, 0.05) is 32.3 Å². The van der Waals surface area contributed by atoms with Gasteiger partial charge in [-0.15, -0.1) is 0 Å². The molecular weight excluding hydrogens is 218 g/mol. The van der Waals surface area contributed by atoms with Crippen molar-refractivity contribution >= 4 is 5.91 Å². The standard InChI is InChI=1S/C12H19N3O2/c1-9(13)6-10-4-5-11(7-14-10)17-8-12(16)15(2)3/h4-5,7,9H,6,8,13H2,1-3H3. The van der Waals surface area contributed by atoms with Crippen LogP contribution < -0.4 is 10.5 Å². The molecule has 17 heavy (non-hydrogen) atoms. The van der Waals surface area contributed by atoms with E-state index in [1.54, 1.807) is 26.4 Å². The summed E-state index contributed by atoms with van der Waals surface area (Å²) in [7, 11) is 3.38. The van der Waals surface area contributed by atoms with E-state index in [0.29, 0.717) is 5.75 Å². The Balaban J connectivity index is 2.48. The summed E-state index contributed by atoms with van der Waals surface area (Å²) in [5.41, 5.74) is 6.60. The van der Waals surface area contributed by atoms with E-state index in [0.717, 1.165) is 12.1 Å². The molecule has 1 rings (SSSR count). The molecule has 0 saturated heterocycles. The zero-order valence-electron chi connectivity index (χ0n) is 10.5. The number of rotatable bonds is 5. The summed E-state index contributed by atoms with van der Waals surface area (Å²) in [5.74, 6) is 0.512. The maximum Gasteiger partial charge on any atom is 0.259 e. The minimum absolute atomic E-state index is 0.0291. The summed E-state index contributed by atoms with van der Waals surface area (Å²) >= 11 is 0. The zero-order valence-corrected chi connectivity index (χ0v) is 10.5. The van der Waals surface area contributed by atoms with Gasteiger partial charge < -0.3 is 15.4 Å². The molecule has 5 heteroatoms. The number of nitrogens with zero attached hydrogens (tertiary/aromatic N) is 2. The molecule has 1 unspecified atom stereocenters. The van der Waals surface area contributed by atoms with Crippen LogP contribution in [-0.4, -0.2) is 42.5 Å². The van der Waals surface area contributed by atoms with Gasteiger partial charge in [-0.3, -0.25) is 9.78 Å². The van der Waals surface area contributed by atoms with Crippen molar-refractivity contribution in [2.24, 2.45) is 5.73 Å². The molecule has 94 valence electrons. The monoisotopic (exact) mass is 237 g/mol. The number of hydrogen-bond acceptors (Lipinski definition) is 4. The van der Waals surface area contributed by atoms with Gasteiger partial charge in [0.15, 0.2) is 6.61 Å². The first-order chi connectivity index (χ1) is 7.99. The van der Waals surface area contributed by atoms with Crippen LogP contribution in [0, 0.1) is 0 Å². The van der Waals surface area contributed by atoms with Crippen LogP contribution >= 0.6 is 0 Å². The Labute approximate surface area is 102 Å². The molecule has 0 saturated carbocycles. The minimum Gasteiger partial charge on any atom is -0.482 e. The highest BCUT2D eigenvalue weighted by molar-refractivity contribution is 5.77. The van der Waals surface area contributed by atoms with E-state index in [2.05, 4.69) is 4.98 Å². The Hall–Kier alpha value is -1.62. The van der Waals surface area contributed by atoms with Gasteiger partial charge in [0.1, 0.15) is 5.75 Å². The first kappa shape index (κ1) is 13.4. The van der Waals surface area contributed by atoms with Crippen LogP contribution in [0.15, 0.2) is 18.3 Å². The SMILES string of the molecule is CC(N)Cc1ccc(OCC(=O)N(C)C)cn1. The third-order valence-electron chi connectivity index (χ3n) is 2.19. The molecule has 0 aliphatic carbocycles. The fourth-order valence-corrected chi connectivity index (χ4v) is 1.22. The van der Waals surface area contributed by atoms with Crippen LogP contribution in [-0.2, 0) is 11.2 Å². The molecule has 5 nitrogen and oxygen atoms in total. The number of carbonyl (C=O) groups excluding carboxylic acids is 1.